The van der Waals surface area contributed by atoms with Gasteiger partial charge in [0.2, 0.25) is 0 Å². The molecule has 0 heterocycles. The summed E-state index contributed by atoms with van der Waals surface area (Å²) >= 11 is 4.31. The molecule has 0 amide bonds. The van der Waals surface area contributed by atoms with Crippen molar-refractivity contribution in [3.63, 3.8) is 0 Å². The minimum atomic E-state index is 0. The molecule has 2 aromatic carbocycles. The first-order valence-corrected chi connectivity index (χ1v) is 7.73. The van der Waals surface area contributed by atoms with Gasteiger partial charge in [0.25, 0.3) is 0 Å². The van der Waals surface area contributed by atoms with E-state index in [0.717, 1.165) is 24.2 Å². The first-order valence-electron chi connectivity index (χ1n) is 7.28. The van der Waals surface area contributed by atoms with Crippen LogP contribution in [-0.4, -0.2) is 0 Å². The van der Waals surface area contributed by atoms with Crippen LogP contribution in [0, 0.1) is 5.41 Å². The van der Waals surface area contributed by atoms with Gasteiger partial charge in [-0.25, -0.2) is 0 Å². The van der Waals surface area contributed by atoms with Crippen molar-refractivity contribution in [2.45, 2.75) is 52.4 Å². The Bertz CT molecular complexity index is 530. The summed E-state index contributed by atoms with van der Waals surface area (Å²) < 4.78 is 0. The molecule has 0 unspecified atom stereocenters. The molecule has 21 heavy (non-hydrogen) atoms. The number of thiol groups is 1. The average Bonchev–Trinajstić information content (AvgIpc) is 2.38. The van der Waals surface area contributed by atoms with Crippen LogP contribution in [0.15, 0.2) is 53.4 Å². The van der Waals surface area contributed by atoms with Crippen LogP contribution >= 0.6 is 12.6 Å². The van der Waals surface area contributed by atoms with E-state index in [0.29, 0.717) is 5.41 Å². The maximum atomic E-state index is 4.31. The largest absolute Gasteiger partial charge is 0.143 e. The lowest BCUT2D eigenvalue weighted by molar-refractivity contribution is 0.411. The molecule has 0 saturated heterocycles. The predicted octanol–water partition coefficient (Wildman–Crippen LogP) is 5.99. The molecule has 0 atom stereocenters. The van der Waals surface area contributed by atoms with Crippen molar-refractivity contribution in [3.8, 4) is 0 Å². The minimum absolute atomic E-state index is 0. The molecule has 0 aromatic heterocycles. The summed E-state index contributed by atoms with van der Waals surface area (Å²) in [5.41, 5.74) is 4.58. The summed E-state index contributed by atoms with van der Waals surface area (Å²) in [5, 5.41) is 0. The van der Waals surface area contributed by atoms with Gasteiger partial charge in [-0.15, -0.1) is 12.6 Å². The van der Waals surface area contributed by atoms with Gasteiger partial charge in [-0.2, -0.15) is 0 Å². The third kappa shape index (κ3) is 6.39. The van der Waals surface area contributed by atoms with Gasteiger partial charge in [0.1, 0.15) is 0 Å². The molecule has 1 heteroatoms. The highest BCUT2D eigenvalue weighted by molar-refractivity contribution is 7.80. The second kappa shape index (κ2) is 7.70. The molecular weight excluding hydrogens is 272 g/mol. The fraction of sp³-hybridized carbons (Fsp3) is 0.400. The van der Waals surface area contributed by atoms with Crippen LogP contribution in [-0.2, 0) is 19.3 Å². The van der Waals surface area contributed by atoms with Crippen LogP contribution in [0.3, 0.4) is 0 Å². The van der Waals surface area contributed by atoms with Gasteiger partial charge in [-0.1, -0.05) is 64.6 Å². The van der Waals surface area contributed by atoms with Crippen molar-refractivity contribution in [3.05, 3.63) is 65.2 Å². The average molecular weight is 301 g/mol. The number of hydrogen-bond donors (Lipinski definition) is 1. The Kier molecular flexibility index (Phi) is 6.54. The standard InChI is InChI=1S/C19H24S.CH4/c1-19(2,3)14-17-8-6-15(7-9-17)4-5-16-10-12-18(20)13-11-16;/h6-13,20H,4-5,14H2,1-3H3;1H4. The Hall–Kier alpha value is -1.21. The highest BCUT2D eigenvalue weighted by Crippen LogP contribution is 2.21. The molecule has 0 saturated carbocycles. The third-order valence-electron chi connectivity index (χ3n) is 3.40. The summed E-state index contributed by atoms with van der Waals surface area (Å²) in [6, 6.07) is 17.5. The Labute approximate surface area is 136 Å². The van der Waals surface area contributed by atoms with E-state index in [2.05, 4.69) is 81.9 Å². The lowest BCUT2D eigenvalue weighted by atomic mass is 9.88. The molecule has 0 aliphatic carbocycles. The zero-order chi connectivity index (χ0) is 14.6. The van der Waals surface area contributed by atoms with E-state index in [9.17, 15) is 0 Å². The minimum Gasteiger partial charge on any atom is -0.143 e. The number of aryl methyl sites for hydroxylation is 2. The maximum absolute atomic E-state index is 4.31. The zero-order valence-electron chi connectivity index (χ0n) is 12.7. The first-order chi connectivity index (χ1) is 9.42. The molecule has 0 spiro atoms. The fourth-order valence-electron chi connectivity index (χ4n) is 2.39. The van der Waals surface area contributed by atoms with E-state index in [1.54, 1.807) is 0 Å². The molecule has 0 fully saturated rings. The number of hydrogen-bond acceptors (Lipinski definition) is 1. The molecular formula is C20H28S. The molecule has 0 aliphatic heterocycles. The molecule has 2 rings (SSSR count). The third-order valence-corrected chi connectivity index (χ3v) is 3.69. The second-order valence-corrected chi connectivity index (χ2v) is 7.24. The summed E-state index contributed by atoms with van der Waals surface area (Å²) in [6.07, 6.45) is 3.32. The highest BCUT2D eigenvalue weighted by atomic mass is 32.1. The monoisotopic (exact) mass is 300 g/mol. The summed E-state index contributed by atoms with van der Waals surface area (Å²) in [7, 11) is 0. The number of rotatable bonds is 4. The van der Waals surface area contributed by atoms with Gasteiger partial charge in [-0.3, -0.25) is 0 Å². The van der Waals surface area contributed by atoms with Crippen molar-refractivity contribution in [1.29, 1.82) is 0 Å². The Morgan fingerprint density at radius 3 is 1.52 bits per heavy atom. The molecule has 0 nitrogen and oxygen atoms in total. The van der Waals surface area contributed by atoms with Gasteiger partial charge in [-0.05, 0) is 53.5 Å². The van der Waals surface area contributed by atoms with Gasteiger partial charge < -0.3 is 0 Å². The molecule has 0 aliphatic rings. The van der Waals surface area contributed by atoms with Crippen molar-refractivity contribution >= 4 is 12.6 Å². The second-order valence-electron chi connectivity index (χ2n) is 6.72. The quantitative estimate of drug-likeness (QED) is 0.659. The normalized spacial score (nSPS) is 11.0. The number of benzene rings is 2. The maximum Gasteiger partial charge on any atom is 0.00401 e. The Balaban J connectivity index is 0.00000220. The van der Waals surface area contributed by atoms with Crippen molar-refractivity contribution < 1.29 is 0 Å². The molecule has 114 valence electrons. The topological polar surface area (TPSA) is 0 Å². The highest BCUT2D eigenvalue weighted by Gasteiger charge is 2.10. The Morgan fingerprint density at radius 2 is 1.10 bits per heavy atom. The van der Waals surface area contributed by atoms with Crippen LogP contribution in [0.25, 0.3) is 0 Å². The van der Waals surface area contributed by atoms with Crippen LogP contribution in [0.5, 0.6) is 0 Å². The molecule has 0 radical (unpaired) electrons. The Morgan fingerprint density at radius 1 is 0.714 bits per heavy atom. The lowest BCUT2D eigenvalue weighted by Crippen LogP contribution is -2.08. The van der Waals surface area contributed by atoms with Crippen molar-refractivity contribution in [2.75, 3.05) is 0 Å². The van der Waals surface area contributed by atoms with Crippen molar-refractivity contribution in [2.24, 2.45) is 5.41 Å². The molecule has 0 bridgehead atoms. The van der Waals surface area contributed by atoms with Crippen LogP contribution < -0.4 is 0 Å². The van der Waals surface area contributed by atoms with E-state index >= 15 is 0 Å². The molecule has 0 N–H and O–H groups in total. The van der Waals surface area contributed by atoms with Crippen LogP contribution in [0.1, 0.15) is 44.9 Å². The first kappa shape index (κ1) is 17.8. The SMILES string of the molecule is C.CC(C)(C)Cc1ccc(CCc2ccc(S)cc2)cc1. The van der Waals surface area contributed by atoms with E-state index in [-0.39, 0.29) is 7.43 Å². The van der Waals surface area contributed by atoms with Crippen LogP contribution in [0.2, 0.25) is 0 Å². The fourth-order valence-corrected chi connectivity index (χ4v) is 2.54. The molecule has 2 aromatic rings. The van der Waals surface area contributed by atoms with E-state index in [1.165, 1.54) is 16.7 Å². The smallest absolute Gasteiger partial charge is 0.00401 e. The lowest BCUT2D eigenvalue weighted by Gasteiger charge is -2.18. The summed E-state index contributed by atoms with van der Waals surface area (Å²) in [4.78, 5) is 1.03. The van der Waals surface area contributed by atoms with Crippen LogP contribution in [0.4, 0.5) is 0 Å². The van der Waals surface area contributed by atoms with Gasteiger partial charge >= 0.3 is 0 Å². The summed E-state index contributed by atoms with van der Waals surface area (Å²) in [6.45, 7) is 6.85. The van der Waals surface area contributed by atoms with E-state index < -0.39 is 0 Å². The zero-order valence-corrected chi connectivity index (χ0v) is 13.6. The van der Waals surface area contributed by atoms with E-state index in [4.69, 9.17) is 0 Å². The van der Waals surface area contributed by atoms with Gasteiger partial charge in [0.15, 0.2) is 0 Å². The van der Waals surface area contributed by atoms with Gasteiger partial charge in [0, 0.05) is 4.90 Å². The van der Waals surface area contributed by atoms with Gasteiger partial charge in [0.05, 0.1) is 0 Å². The summed E-state index contributed by atoms with van der Waals surface area (Å²) in [5.74, 6) is 0. The van der Waals surface area contributed by atoms with Crippen molar-refractivity contribution in [1.82, 2.24) is 0 Å². The van der Waals surface area contributed by atoms with E-state index in [1.807, 2.05) is 0 Å². The predicted molar refractivity (Wildman–Crippen MR) is 97.4 cm³/mol.